The van der Waals surface area contributed by atoms with Gasteiger partial charge in [0.25, 0.3) is 0 Å². The molecule has 5 heterocycles. The van der Waals surface area contributed by atoms with Gasteiger partial charge in [0.15, 0.2) is 0 Å². The molecule has 7 nitrogen and oxygen atoms in total. The van der Waals surface area contributed by atoms with Gasteiger partial charge in [0.1, 0.15) is 11.5 Å². The van der Waals surface area contributed by atoms with E-state index in [1.807, 2.05) is 17.1 Å². The molecule has 4 fully saturated rings. The highest BCUT2D eigenvalue weighted by atomic mass is 16.5. The normalized spacial score (nSPS) is 38.1. The Morgan fingerprint density at radius 2 is 1.90 bits per heavy atom. The molecule has 2 bridgehead atoms. The molecule has 1 N–H and O–H groups in total. The third-order valence-corrected chi connectivity index (χ3v) is 7.83. The molecule has 1 amide bonds. The lowest BCUT2D eigenvalue weighted by Gasteiger charge is -2.40. The Morgan fingerprint density at radius 1 is 1.14 bits per heavy atom. The Hall–Kier alpha value is -1.44. The Labute approximate surface area is 172 Å². The predicted molar refractivity (Wildman–Crippen MR) is 107 cm³/mol. The number of rotatable bonds is 6. The zero-order chi connectivity index (χ0) is 20.0. The number of ether oxygens (including phenoxy) is 1. The molecule has 5 aliphatic rings. The molecule has 29 heavy (non-hydrogen) atoms. The van der Waals surface area contributed by atoms with Crippen LogP contribution in [0, 0.1) is 11.8 Å². The first kappa shape index (κ1) is 19.5. The van der Waals surface area contributed by atoms with Gasteiger partial charge in [-0.1, -0.05) is 18.6 Å². The maximum absolute atomic E-state index is 12.9. The number of aliphatic carboxylic acids is 1. The number of likely N-dealkylation sites (tertiary alicyclic amines) is 3. The van der Waals surface area contributed by atoms with E-state index in [1.165, 1.54) is 45.2 Å². The SMILES string of the molecule is O=C(O)C1C2C=CC3(CN(CCCN4CCC(N5CCCCC5)CC4)C(=O)C13)O2. The van der Waals surface area contributed by atoms with Crippen LogP contribution >= 0.6 is 0 Å². The molecule has 4 unspecified atom stereocenters. The number of fused-ring (bicyclic) bond motifs is 1. The monoisotopic (exact) mass is 403 g/mol. The highest BCUT2D eigenvalue weighted by Gasteiger charge is 2.66. The van der Waals surface area contributed by atoms with E-state index in [0.717, 1.165) is 32.1 Å². The van der Waals surface area contributed by atoms with Crippen molar-refractivity contribution in [1.82, 2.24) is 14.7 Å². The molecule has 0 aromatic heterocycles. The third-order valence-electron chi connectivity index (χ3n) is 7.83. The Kier molecular flexibility index (Phi) is 5.16. The van der Waals surface area contributed by atoms with Gasteiger partial charge in [-0.25, -0.2) is 0 Å². The van der Waals surface area contributed by atoms with Gasteiger partial charge in [-0.05, 0) is 64.8 Å². The van der Waals surface area contributed by atoms with Crippen molar-refractivity contribution in [3.8, 4) is 0 Å². The quantitative estimate of drug-likeness (QED) is 0.672. The summed E-state index contributed by atoms with van der Waals surface area (Å²) in [5, 5.41) is 9.55. The highest BCUT2D eigenvalue weighted by molar-refractivity contribution is 5.90. The highest BCUT2D eigenvalue weighted by Crippen LogP contribution is 2.51. The van der Waals surface area contributed by atoms with E-state index in [0.29, 0.717) is 13.1 Å². The van der Waals surface area contributed by atoms with Crippen molar-refractivity contribution in [3.63, 3.8) is 0 Å². The summed E-state index contributed by atoms with van der Waals surface area (Å²) >= 11 is 0. The van der Waals surface area contributed by atoms with Crippen molar-refractivity contribution in [2.24, 2.45) is 11.8 Å². The van der Waals surface area contributed by atoms with Gasteiger partial charge in [0.05, 0.1) is 18.6 Å². The molecule has 160 valence electrons. The van der Waals surface area contributed by atoms with Crippen LogP contribution in [0.1, 0.15) is 38.5 Å². The maximum atomic E-state index is 12.9. The Morgan fingerprint density at radius 3 is 2.62 bits per heavy atom. The van der Waals surface area contributed by atoms with E-state index >= 15 is 0 Å². The Bertz CT molecular complexity index is 684. The summed E-state index contributed by atoms with van der Waals surface area (Å²) < 4.78 is 5.95. The van der Waals surface area contributed by atoms with E-state index in [1.54, 1.807) is 0 Å². The summed E-state index contributed by atoms with van der Waals surface area (Å²) in [7, 11) is 0. The summed E-state index contributed by atoms with van der Waals surface area (Å²) in [4.78, 5) is 31.6. The molecule has 1 spiro atoms. The second-order valence-corrected chi connectivity index (χ2v) is 9.52. The molecular formula is C22H33N3O4. The van der Waals surface area contributed by atoms with E-state index < -0.39 is 29.5 Å². The second kappa shape index (κ2) is 7.67. The zero-order valence-electron chi connectivity index (χ0n) is 17.2. The summed E-state index contributed by atoms with van der Waals surface area (Å²) in [5.74, 6) is -2.23. The fourth-order valence-electron chi connectivity index (χ4n) is 6.33. The number of piperidine rings is 2. The van der Waals surface area contributed by atoms with Crippen LogP contribution in [0.25, 0.3) is 0 Å². The number of carbonyl (C=O) groups is 2. The van der Waals surface area contributed by atoms with Crippen LogP contribution in [0.3, 0.4) is 0 Å². The first-order chi connectivity index (χ1) is 14.1. The lowest BCUT2D eigenvalue weighted by atomic mass is 9.77. The van der Waals surface area contributed by atoms with Gasteiger partial charge < -0.3 is 24.5 Å². The topological polar surface area (TPSA) is 73.3 Å². The largest absolute Gasteiger partial charge is 0.481 e. The van der Waals surface area contributed by atoms with Gasteiger partial charge in [0.2, 0.25) is 5.91 Å². The van der Waals surface area contributed by atoms with Crippen LogP contribution in [-0.2, 0) is 14.3 Å². The smallest absolute Gasteiger partial charge is 0.310 e. The molecule has 0 aromatic carbocycles. The lowest BCUT2D eigenvalue weighted by molar-refractivity contribution is -0.148. The summed E-state index contributed by atoms with van der Waals surface area (Å²) in [6.07, 6.45) is 10.9. The van der Waals surface area contributed by atoms with Gasteiger partial charge in [0, 0.05) is 12.6 Å². The van der Waals surface area contributed by atoms with Gasteiger partial charge in [-0.15, -0.1) is 0 Å². The number of hydrogen-bond donors (Lipinski definition) is 1. The number of carboxylic acid groups (broad SMARTS) is 1. The predicted octanol–water partition coefficient (Wildman–Crippen LogP) is 1.19. The molecule has 4 saturated heterocycles. The summed E-state index contributed by atoms with van der Waals surface area (Å²) in [5.41, 5.74) is -0.697. The molecule has 0 radical (unpaired) electrons. The minimum absolute atomic E-state index is 0.0342. The van der Waals surface area contributed by atoms with E-state index in [9.17, 15) is 14.7 Å². The molecular weight excluding hydrogens is 370 g/mol. The fourth-order valence-corrected chi connectivity index (χ4v) is 6.33. The van der Waals surface area contributed by atoms with Gasteiger partial charge >= 0.3 is 5.97 Å². The van der Waals surface area contributed by atoms with E-state index in [4.69, 9.17) is 4.74 Å². The minimum atomic E-state index is -0.919. The number of hydrogen-bond acceptors (Lipinski definition) is 5. The van der Waals surface area contributed by atoms with Crippen molar-refractivity contribution in [1.29, 1.82) is 0 Å². The van der Waals surface area contributed by atoms with Gasteiger partial charge in [-0.2, -0.15) is 0 Å². The van der Waals surface area contributed by atoms with Crippen LogP contribution in [0.4, 0.5) is 0 Å². The average Bonchev–Trinajstić information content (AvgIpc) is 3.37. The maximum Gasteiger partial charge on any atom is 0.310 e. The van der Waals surface area contributed by atoms with Crippen LogP contribution in [0.2, 0.25) is 0 Å². The first-order valence-corrected chi connectivity index (χ1v) is 11.4. The first-order valence-electron chi connectivity index (χ1n) is 11.4. The van der Waals surface area contributed by atoms with Crippen LogP contribution < -0.4 is 0 Å². The summed E-state index contributed by atoms with van der Waals surface area (Å²) in [6.45, 7) is 7.06. The number of carboxylic acids is 1. The second-order valence-electron chi connectivity index (χ2n) is 9.52. The molecule has 7 heteroatoms. The minimum Gasteiger partial charge on any atom is -0.481 e. The zero-order valence-corrected chi connectivity index (χ0v) is 17.2. The van der Waals surface area contributed by atoms with Crippen molar-refractivity contribution < 1.29 is 19.4 Å². The molecule has 4 atom stereocenters. The summed E-state index contributed by atoms with van der Waals surface area (Å²) in [6, 6.07) is 0.761. The standard InChI is InChI=1S/C22H33N3O4/c26-20-19-18(21(27)28)17-5-8-22(19,29-17)15-25(20)12-4-9-23-13-6-16(7-14-23)24-10-2-1-3-11-24/h5,8,16-19H,1-4,6-7,9-15H2,(H,27,28). The molecule has 5 aliphatic heterocycles. The van der Waals surface area contributed by atoms with Gasteiger partial charge in [-0.3, -0.25) is 9.59 Å². The lowest BCUT2D eigenvalue weighted by Crippen LogP contribution is -2.47. The molecule has 0 saturated carbocycles. The number of amides is 1. The van der Waals surface area contributed by atoms with Crippen LogP contribution in [0.5, 0.6) is 0 Å². The molecule has 5 rings (SSSR count). The van der Waals surface area contributed by atoms with E-state index in [2.05, 4.69) is 9.80 Å². The molecule has 0 aromatic rings. The molecule has 0 aliphatic carbocycles. The van der Waals surface area contributed by atoms with E-state index in [-0.39, 0.29) is 5.91 Å². The average molecular weight is 404 g/mol. The van der Waals surface area contributed by atoms with Crippen molar-refractivity contribution in [2.75, 3.05) is 45.8 Å². The van der Waals surface area contributed by atoms with Crippen molar-refractivity contribution in [2.45, 2.75) is 56.3 Å². The van der Waals surface area contributed by atoms with Crippen LogP contribution in [0.15, 0.2) is 12.2 Å². The number of nitrogens with zero attached hydrogens (tertiary/aromatic N) is 3. The van der Waals surface area contributed by atoms with Crippen molar-refractivity contribution >= 4 is 11.9 Å². The van der Waals surface area contributed by atoms with Crippen LogP contribution in [-0.4, -0.2) is 95.2 Å². The number of carbonyl (C=O) groups excluding carboxylic acids is 1. The third kappa shape index (κ3) is 3.41. The Balaban J connectivity index is 1.09. The fraction of sp³-hybridized carbons (Fsp3) is 0.818. The van der Waals surface area contributed by atoms with Crippen molar-refractivity contribution in [3.05, 3.63) is 12.2 Å².